The van der Waals surface area contributed by atoms with Crippen LogP contribution in [0.3, 0.4) is 0 Å². The largest absolute Gasteiger partial charge is 0.342 e. The first-order valence-electron chi connectivity index (χ1n) is 8.39. The lowest BCUT2D eigenvalue weighted by Crippen LogP contribution is -2.48. The van der Waals surface area contributed by atoms with Gasteiger partial charge < -0.3 is 14.7 Å². The van der Waals surface area contributed by atoms with Crippen LogP contribution in [0, 0.1) is 0 Å². The number of anilines is 1. The van der Waals surface area contributed by atoms with Gasteiger partial charge in [0.1, 0.15) is 0 Å². The van der Waals surface area contributed by atoms with E-state index < -0.39 is 0 Å². The van der Waals surface area contributed by atoms with E-state index in [2.05, 4.69) is 6.92 Å². The molecule has 1 aromatic rings. The van der Waals surface area contributed by atoms with Crippen molar-refractivity contribution in [3.05, 3.63) is 29.8 Å². The van der Waals surface area contributed by atoms with Gasteiger partial charge in [-0.1, -0.05) is 19.1 Å². The van der Waals surface area contributed by atoms with Gasteiger partial charge in [-0.15, -0.1) is 0 Å². The van der Waals surface area contributed by atoms with E-state index in [1.807, 2.05) is 24.3 Å². The Morgan fingerprint density at radius 3 is 2.25 bits per heavy atom. The summed E-state index contributed by atoms with van der Waals surface area (Å²) in [6.45, 7) is 6.23. The molecule has 1 aromatic carbocycles. The normalized spacial score (nSPS) is 14.4. The van der Waals surface area contributed by atoms with Crippen LogP contribution in [0.15, 0.2) is 24.3 Å². The maximum atomic E-state index is 12.3. The fraction of sp³-hybridized carbons (Fsp3) is 0.500. The van der Waals surface area contributed by atoms with Crippen molar-refractivity contribution >= 4 is 23.9 Å². The zero-order valence-corrected chi connectivity index (χ0v) is 14.4. The molecule has 0 aliphatic carbocycles. The monoisotopic (exact) mass is 331 g/mol. The van der Waals surface area contributed by atoms with Crippen LogP contribution < -0.4 is 4.90 Å². The lowest BCUT2D eigenvalue weighted by Gasteiger charge is -2.33. The second-order valence-electron chi connectivity index (χ2n) is 5.96. The van der Waals surface area contributed by atoms with E-state index in [1.165, 1.54) is 12.5 Å². The molecular weight excluding hydrogens is 306 g/mol. The highest BCUT2D eigenvalue weighted by molar-refractivity contribution is 5.92. The van der Waals surface area contributed by atoms with Crippen LogP contribution in [-0.2, 0) is 20.8 Å². The van der Waals surface area contributed by atoms with E-state index in [9.17, 15) is 14.4 Å². The number of carbonyl (C=O) groups excluding carboxylic acids is 3. The van der Waals surface area contributed by atoms with Crippen molar-refractivity contribution in [1.29, 1.82) is 0 Å². The summed E-state index contributed by atoms with van der Waals surface area (Å²) in [5, 5.41) is 0. The summed E-state index contributed by atoms with van der Waals surface area (Å²) < 4.78 is 0. The van der Waals surface area contributed by atoms with E-state index in [-0.39, 0.29) is 18.2 Å². The molecule has 6 heteroatoms. The molecule has 6 nitrogen and oxygen atoms in total. The molecule has 0 saturated carbocycles. The third-order valence-electron chi connectivity index (χ3n) is 4.40. The first-order chi connectivity index (χ1) is 11.5. The van der Waals surface area contributed by atoms with Crippen molar-refractivity contribution in [2.24, 2.45) is 0 Å². The third kappa shape index (κ3) is 4.57. The van der Waals surface area contributed by atoms with E-state index in [4.69, 9.17) is 0 Å². The first kappa shape index (κ1) is 18.0. The molecule has 0 aromatic heterocycles. The second kappa shape index (κ2) is 8.47. The van der Waals surface area contributed by atoms with Gasteiger partial charge in [-0.3, -0.25) is 14.4 Å². The quantitative estimate of drug-likeness (QED) is 0.738. The number of hydrogen-bond acceptors (Lipinski definition) is 3. The van der Waals surface area contributed by atoms with Crippen molar-refractivity contribution in [2.75, 3.05) is 37.6 Å². The minimum atomic E-state index is -0.0715. The Morgan fingerprint density at radius 1 is 1.12 bits per heavy atom. The SMILES string of the molecule is CCc1ccc(N(CCC(=O)N2CCN(C=O)CC2)C(C)=O)cc1. The number of carbonyl (C=O) groups is 3. The van der Waals surface area contributed by atoms with Crippen molar-refractivity contribution in [1.82, 2.24) is 9.80 Å². The molecule has 2 rings (SSSR count). The number of amides is 3. The lowest BCUT2D eigenvalue weighted by molar-refractivity contribution is -0.135. The molecule has 1 aliphatic heterocycles. The van der Waals surface area contributed by atoms with Crippen molar-refractivity contribution < 1.29 is 14.4 Å². The molecule has 0 radical (unpaired) electrons. The minimum absolute atomic E-state index is 0.0250. The number of piperazine rings is 1. The summed E-state index contributed by atoms with van der Waals surface area (Å²) in [5.74, 6) is -0.0465. The van der Waals surface area contributed by atoms with Gasteiger partial charge in [0.25, 0.3) is 0 Å². The molecule has 1 saturated heterocycles. The molecule has 1 fully saturated rings. The summed E-state index contributed by atoms with van der Waals surface area (Å²) in [6.07, 6.45) is 2.06. The molecule has 0 N–H and O–H groups in total. The van der Waals surface area contributed by atoms with E-state index in [0.29, 0.717) is 32.7 Å². The highest BCUT2D eigenvalue weighted by atomic mass is 16.2. The molecule has 1 aliphatic rings. The summed E-state index contributed by atoms with van der Waals surface area (Å²) in [7, 11) is 0. The van der Waals surface area contributed by atoms with Gasteiger partial charge >= 0.3 is 0 Å². The Kier molecular flexibility index (Phi) is 6.35. The van der Waals surface area contributed by atoms with Crippen LogP contribution >= 0.6 is 0 Å². The van der Waals surface area contributed by atoms with Crippen LogP contribution in [-0.4, -0.2) is 60.7 Å². The summed E-state index contributed by atoms with van der Waals surface area (Å²) >= 11 is 0. The fourth-order valence-corrected chi connectivity index (χ4v) is 2.82. The molecule has 1 heterocycles. The Balaban J connectivity index is 1.92. The first-order valence-corrected chi connectivity index (χ1v) is 8.39. The van der Waals surface area contributed by atoms with Crippen LogP contribution in [0.4, 0.5) is 5.69 Å². The van der Waals surface area contributed by atoms with Gasteiger partial charge in [-0.05, 0) is 24.1 Å². The summed E-state index contributed by atoms with van der Waals surface area (Å²) in [6, 6.07) is 7.86. The van der Waals surface area contributed by atoms with Gasteiger partial charge in [-0.2, -0.15) is 0 Å². The number of benzene rings is 1. The average Bonchev–Trinajstić information content (AvgIpc) is 2.62. The Hall–Kier alpha value is -2.37. The molecule has 0 spiro atoms. The van der Waals surface area contributed by atoms with Gasteiger partial charge in [0, 0.05) is 51.8 Å². The maximum Gasteiger partial charge on any atom is 0.224 e. The van der Waals surface area contributed by atoms with Crippen molar-refractivity contribution in [2.45, 2.75) is 26.7 Å². The highest BCUT2D eigenvalue weighted by Crippen LogP contribution is 2.17. The topological polar surface area (TPSA) is 60.9 Å². The molecule has 0 atom stereocenters. The lowest BCUT2D eigenvalue weighted by atomic mass is 10.1. The number of nitrogens with zero attached hydrogens (tertiary/aromatic N) is 3. The number of hydrogen-bond donors (Lipinski definition) is 0. The maximum absolute atomic E-state index is 12.3. The molecule has 24 heavy (non-hydrogen) atoms. The van der Waals surface area contributed by atoms with Gasteiger partial charge in [0.2, 0.25) is 18.2 Å². The molecule has 3 amide bonds. The molecule has 0 unspecified atom stereocenters. The van der Waals surface area contributed by atoms with Gasteiger partial charge in [0.15, 0.2) is 0 Å². The Labute approximate surface area is 143 Å². The van der Waals surface area contributed by atoms with Crippen LogP contribution in [0.25, 0.3) is 0 Å². The molecule has 0 bridgehead atoms. The van der Waals surface area contributed by atoms with Crippen LogP contribution in [0.1, 0.15) is 25.8 Å². The third-order valence-corrected chi connectivity index (χ3v) is 4.40. The Bertz CT molecular complexity index is 578. The summed E-state index contributed by atoms with van der Waals surface area (Å²) in [4.78, 5) is 40.0. The van der Waals surface area contributed by atoms with Crippen LogP contribution in [0.5, 0.6) is 0 Å². The predicted octanol–water partition coefficient (Wildman–Crippen LogP) is 1.29. The minimum Gasteiger partial charge on any atom is -0.342 e. The molecule has 130 valence electrons. The van der Waals surface area contributed by atoms with E-state index >= 15 is 0 Å². The van der Waals surface area contributed by atoms with Crippen molar-refractivity contribution in [3.8, 4) is 0 Å². The zero-order chi connectivity index (χ0) is 17.5. The zero-order valence-electron chi connectivity index (χ0n) is 14.4. The van der Waals surface area contributed by atoms with Gasteiger partial charge in [0.05, 0.1) is 0 Å². The van der Waals surface area contributed by atoms with Gasteiger partial charge in [-0.25, -0.2) is 0 Å². The second-order valence-corrected chi connectivity index (χ2v) is 5.96. The van der Waals surface area contributed by atoms with Crippen LogP contribution in [0.2, 0.25) is 0 Å². The van der Waals surface area contributed by atoms with Crippen molar-refractivity contribution in [3.63, 3.8) is 0 Å². The highest BCUT2D eigenvalue weighted by Gasteiger charge is 2.21. The smallest absolute Gasteiger partial charge is 0.224 e. The van der Waals surface area contributed by atoms with E-state index in [0.717, 1.165) is 18.5 Å². The number of rotatable bonds is 6. The standard InChI is InChI=1S/C18H25N3O3/c1-3-16-4-6-17(7-5-16)21(15(2)23)9-8-18(24)20-12-10-19(14-22)11-13-20/h4-7,14H,3,8-13H2,1-2H3. The summed E-state index contributed by atoms with van der Waals surface area (Å²) in [5.41, 5.74) is 2.03. The number of aryl methyl sites for hydroxylation is 1. The van der Waals surface area contributed by atoms with E-state index in [1.54, 1.807) is 14.7 Å². The molecular formula is C18H25N3O3. The fourth-order valence-electron chi connectivity index (χ4n) is 2.82. The Morgan fingerprint density at radius 2 is 1.75 bits per heavy atom. The predicted molar refractivity (Wildman–Crippen MR) is 92.7 cm³/mol. The average molecular weight is 331 g/mol.